The van der Waals surface area contributed by atoms with Gasteiger partial charge in [-0.2, -0.15) is 5.10 Å². The predicted octanol–water partition coefficient (Wildman–Crippen LogP) is 3.39. The SMILES string of the molecule is COCCn1ncc(Br)c1C(N)CSc1ccccc1C. The lowest BCUT2D eigenvalue weighted by Gasteiger charge is -2.15. The Morgan fingerprint density at radius 3 is 2.90 bits per heavy atom. The zero-order valence-corrected chi connectivity index (χ0v) is 14.7. The van der Waals surface area contributed by atoms with E-state index in [1.807, 2.05) is 4.68 Å². The smallest absolute Gasteiger partial charge is 0.0703 e. The quantitative estimate of drug-likeness (QED) is 0.759. The zero-order valence-electron chi connectivity index (χ0n) is 12.3. The number of hydrogen-bond donors (Lipinski definition) is 1. The number of hydrogen-bond acceptors (Lipinski definition) is 4. The molecule has 2 N–H and O–H groups in total. The molecule has 0 radical (unpaired) electrons. The van der Waals surface area contributed by atoms with Gasteiger partial charge in [0.05, 0.1) is 35.6 Å². The van der Waals surface area contributed by atoms with Gasteiger partial charge in [0.15, 0.2) is 0 Å². The van der Waals surface area contributed by atoms with Gasteiger partial charge < -0.3 is 10.5 Å². The lowest BCUT2D eigenvalue weighted by atomic mass is 10.2. The van der Waals surface area contributed by atoms with Crippen LogP contribution in [0.4, 0.5) is 0 Å². The molecule has 0 amide bonds. The Labute approximate surface area is 138 Å². The summed E-state index contributed by atoms with van der Waals surface area (Å²) in [7, 11) is 1.69. The van der Waals surface area contributed by atoms with E-state index in [2.05, 4.69) is 52.2 Å². The second-order valence-electron chi connectivity index (χ2n) is 4.78. The average molecular weight is 370 g/mol. The van der Waals surface area contributed by atoms with Crippen molar-refractivity contribution < 1.29 is 4.74 Å². The maximum Gasteiger partial charge on any atom is 0.0703 e. The molecule has 0 spiro atoms. The molecule has 0 saturated heterocycles. The molecular weight excluding hydrogens is 350 g/mol. The van der Waals surface area contributed by atoms with Crippen molar-refractivity contribution in [2.45, 2.75) is 24.4 Å². The highest BCUT2D eigenvalue weighted by atomic mass is 79.9. The van der Waals surface area contributed by atoms with Crippen LogP contribution in [0.5, 0.6) is 0 Å². The number of aromatic nitrogens is 2. The maximum absolute atomic E-state index is 6.36. The molecule has 1 aromatic carbocycles. The topological polar surface area (TPSA) is 53.1 Å². The Morgan fingerprint density at radius 2 is 2.19 bits per heavy atom. The molecule has 0 bridgehead atoms. The highest BCUT2D eigenvalue weighted by Crippen LogP contribution is 2.29. The Bertz CT molecular complexity index is 588. The molecule has 2 aromatic rings. The average Bonchev–Trinajstić information content (AvgIpc) is 2.85. The standard InChI is InChI=1S/C15H20BrN3OS/c1-11-5-3-4-6-14(11)21-10-13(17)15-12(16)9-18-19(15)7-8-20-2/h3-6,9,13H,7-8,10,17H2,1-2H3. The van der Waals surface area contributed by atoms with Gasteiger partial charge in [0.25, 0.3) is 0 Å². The van der Waals surface area contributed by atoms with Crippen molar-refractivity contribution in [2.24, 2.45) is 5.73 Å². The minimum atomic E-state index is -0.0802. The van der Waals surface area contributed by atoms with Crippen LogP contribution in [0.2, 0.25) is 0 Å². The van der Waals surface area contributed by atoms with Crippen molar-refractivity contribution in [3.8, 4) is 0 Å². The van der Waals surface area contributed by atoms with E-state index in [-0.39, 0.29) is 6.04 Å². The van der Waals surface area contributed by atoms with E-state index < -0.39 is 0 Å². The number of rotatable bonds is 7. The van der Waals surface area contributed by atoms with Gasteiger partial charge in [-0.15, -0.1) is 11.8 Å². The normalized spacial score (nSPS) is 12.6. The van der Waals surface area contributed by atoms with E-state index in [9.17, 15) is 0 Å². The van der Waals surface area contributed by atoms with Crippen molar-refractivity contribution in [2.75, 3.05) is 19.5 Å². The third-order valence-corrected chi connectivity index (χ3v) is 5.11. The molecule has 2 rings (SSSR count). The summed E-state index contributed by atoms with van der Waals surface area (Å²) in [5, 5.41) is 4.35. The fourth-order valence-corrected chi connectivity index (χ4v) is 3.65. The zero-order chi connectivity index (χ0) is 15.2. The van der Waals surface area contributed by atoms with Crippen molar-refractivity contribution in [3.05, 3.63) is 46.2 Å². The molecule has 1 atom stereocenters. The fraction of sp³-hybridized carbons (Fsp3) is 0.400. The Balaban J connectivity index is 2.05. The van der Waals surface area contributed by atoms with Gasteiger partial charge in [0.1, 0.15) is 0 Å². The first-order valence-electron chi connectivity index (χ1n) is 6.77. The number of thioether (sulfide) groups is 1. The first kappa shape index (κ1) is 16.5. The minimum Gasteiger partial charge on any atom is -0.383 e. The van der Waals surface area contributed by atoms with Gasteiger partial charge in [-0.3, -0.25) is 4.68 Å². The molecule has 0 fully saturated rings. The van der Waals surface area contributed by atoms with Crippen LogP contribution in [0.3, 0.4) is 0 Å². The van der Waals surface area contributed by atoms with Crippen molar-refractivity contribution in [3.63, 3.8) is 0 Å². The Kier molecular flexibility index (Phi) is 6.29. The summed E-state index contributed by atoms with van der Waals surface area (Å²) in [6, 6.07) is 8.27. The van der Waals surface area contributed by atoms with Crippen LogP contribution in [0, 0.1) is 6.92 Å². The van der Waals surface area contributed by atoms with Crippen LogP contribution < -0.4 is 5.73 Å². The van der Waals surface area contributed by atoms with Gasteiger partial charge in [0, 0.05) is 17.8 Å². The van der Waals surface area contributed by atoms with Gasteiger partial charge in [-0.05, 0) is 34.5 Å². The molecule has 1 unspecified atom stereocenters. The molecule has 21 heavy (non-hydrogen) atoms. The predicted molar refractivity (Wildman–Crippen MR) is 90.6 cm³/mol. The van der Waals surface area contributed by atoms with E-state index >= 15 is 0 Å². The number of halogens is 1. The highest BCUT2D eigenvalue weighted by molar-refractivity contribution is 9.10. The van der Waals surface area contributed by atoms with E-state index in [0.717, 1.165) is 15.9 Å². The highest BCUT2D eigenvalue weighted by Gasteiger charge is 2.17. The second kappa shape index (κ2) is 7.98. The van der Waals surface area contributed by atoms with Gasteiger partial charge in [-0.1, -0.05) is 18.2 Å². The fourth-order valence-electron chi connectivity index (χ4n) is 2.07. The summed E-state index contributed by atoms with van der Waals surface area (Å²) in [6.45, 7) is 3.45. The maximum atomic E-state index is 6.36. The number of methoxy groups -OCH3 is 1. The summed E-state index contributed by atoms with van der Waals surface area (Å²) >= 11 is 5.31. The molecule has 4 nitrogen and oxygen atoms in total. The third kappa shape index (κ3) is 4.32. The molecule has 1 heterocycles. The summed E-state index contributed by atoms with van der Waals surface area (Å²) < 4.78 is 7.98. The monoisotopic (exact) mass is 369 g/mol. The Hall–Kier alpha value is -0.820. The van der Waals surface area contributed by atoms with Crippen LogP contribution in [0.15, 0.2) is 39.8 Å². The largest absolute Gasteiger partial charge is 0.383 e. The number of aryl methyl sites for hydroxylation is 1. The van der Waals surface area contributed by atoms with Crippen molar-refractivity contribution >= 4 is 27.7 Å². The molecule has 6 heteroatoms. The van der Waals surface area contributed by atoms with E-state index in [1.165, 1.54) is 10.5 Å². The van der Waals surface area contributed by atoms with Crippen LogP contribution >= 0.6 is 27.7 Å². The van der Waals surface area contributed by atoms with Crippen molar-refractivity contribution in [1.82, 2.24) is 9.78 Å². The molecule has 0 aliphatic carbocycles. The van der Waals surface area contributed by atoms with Crippen molar-refractivity contribution in [1.29, 1.82) is 0 Å². The summed E-state index contributed by atoms with van der Waals surface area (Å²) in [4.78, 5) is 1.27. The summed E-state index contributed by atoms with van der Waals surface area (Å²) in [5.41, 5.74) is 8.66. The van der Waals surface area contributed by atoms with Crippen LogP contribution in [0.25, 0.3) is 0 Å². The summed E-state index contributed by atoms with van der Waals surface area (Å²) in [6.07, 6.45) is 1.79. The van der Waals surface area contributed by atoms with E-state index in [0.29, 0.717) is 13.2 Å². The molecule has 0 saturated carbocycles. The van der Waals surface area contributed by atoms with E-state index in [1.54, 1.807) is 25.1 Å². The van der Waals surface area contributed by atoms with Gasteiger partial charge in [0.2, 0.25) is 0 Å². The van der Waals surface area contributed by atoms with Gasteiger partial charge in [-0.25, -0.2) is 0 Å². The molecular formula is C15H20BrN3OS. The lowest BCUT2D eigenvalue weighted by Crippen LogP contribution is -2.20. The summed E-state index contributed by atoms with van der Waals surface area (Å²) in [5.74, 6) is 0.808. The molecule has 114 valence electrons. The third-order valence-electron chi connectivity index (χ3n) is 3.20. The van der Waals surface area contributed by atoms with E-state index in [4.69, 9.17) is 10.5 Å². The number of benzene rings is 1. The first-order chi connectivity index (χ1) is 10.1. The lowest BCUT2D eigenvalue weighted by molar-refractivity contribution is 0.182. The second-order valence-corrected chi connectivity index (χ2v) is 6.69. The number of nitrogens with two attached hydrogens (primary N) is 1. The first-order valence-corrected chi connectivity index (χ1v) is 8.55. The number of ether oxygens (including phenoxy) is 1. The molecule has 0 aliphatic heterocycles. The molecule has 1 aromatic heterocycles. The van der Waals surface area contributed by atoms with Crippen LogP contribution in [-0.2, 0) is 11.3 Å². The number of nitrogens with zero attached hydrogens (tertiary/aromatic N) is 2. The Morgan fingerprint density at radius 1 is 1.43 bits per heavy atom. The molecule has 0 aliphatic rings. The minimum absolute atomic E-state index is 0.0802. The van der Waals surface area contributed by atoms with Crippen LogP contribution in [-0.4, -0.2) is 29.3 Å². The van der Waals surface area contributed by atoms with Crippen LogP contribution in [0.1, 0.15) is 17.3 Å². The van der Waals surface area contributed by atoms with Gasteiger partial charge >= 0.3 is 0 Å².